The standard InChI is InChI=1S/C24H23N3O2S/c1-2-29-23(28)20-14-12-19(13-15-20)22-11-7-6-10-21(22)16-26-27-24(25)30-17-18-8-4-3-5-9-18/h3-16H,2,17H2,1H3,(H2,25,27). The number of esters is 1. The summed E-state index contributed by atoms with van der Waals surface area (Å²) in [5.74, 6) is 0.423. The first-order valence-corrected chi connectivity index (χ1v) is 10.6. The molecule has 3 aromatic carbocycles. The van der Waals surface area contributed by atoms with Gasteiger partial charge in [-0.1, -0.05) is 78.5 Å². The van der Waals surface area contributed by atoms with E-state index in [4.69, 9.17) is 10.5 Å². The lowest BCUT2D eigenvalue weighted by Crippen LogP contribution is -2.06. The molecule has 0 saturated carbocycles. The molecule has 0 aromatic heterocycles. The summed E-state index contributed by atoms with van der Waals surface area (Å²) in [5, 5.41) is 8.65. The molecule has 6 heteroatoms. The number of thioether (sulfide) groups is 1. The SMILES string of the molecule is CCOC(=O)c1ccc(-c2ccccc2C=NN=C(N)SCc2ccccc2)cc1. The first-order chi connectivity index (χ1) is 14.7. The highest BCUT2D eigenvalue weighted by molar-refractivity contribution is 8.13. The number of ether oxygens (including phenoxy) is 1. The van der Waals surface area contributed by atoms with Crippen LogP contribution in [0, 0.1) is 0 Å². The van der Waals surface area contributed by atoms with E-state index in [1.807, 2.05) is 66.7 Å². The van der Waals surface area contributed by atoms with E-state index in [0.717, 1.165) is 22.4 Å². The van der Waals surface area contributed by atoms with Crippen LogP contribution in [0.3, 0.4) is 0 Å². The van der Waals surface area contributed by atoms with Crippen LogP contribution in [0.15, 0.2) is 89.1 Å². The van der Waals surface area contributed by atoms with Crippen molar-refractivity contribution in [1.82, 2.24) is 0 Å². The Labute approximate surface area is 180 Å². The Bertz CT molecular complexity index is 1030. The summed E-state index contributed by atoms with van der Waals surface area (Å²) < 4.78 is 5.03. The van der Waals surface area contributed by atoms with Gasteiger partial charge in [-0.25, -0.2) is 4.79 Å². The summed E-state index contributed by atoms with van der Waals surface area (Å²) in [5.41, 5.74) is 10.5. The van der Waals surface area contributed by atoms with Crippen LogP contribution in [-0.2, 0) is 10.5 Å². The quantitative estimate of drug-likeness (QED) is 0.251. The molecule has 0 aliphatic carbocycles. The fourth-order valence-corrected chi connectivity index (χ4v) is 3.39. The average Bonchev–Trinajstić information content (AvgIpc) is 2.79. The Kier molecular flexibility index (Phi) is 7.80. The second-order valence-corrected chi connectivity index (χ2v) is 7.34. The van der Waals surface area contributed by atoms with Crippen molar-refractivity contribution in [2.45, 2.75) is 12.7 Å². The summed E-state index contributed by atoms with van der Waals surface area (Å²) in [6.07, 6.45) is 1.69. The van der Waals surface area contributed by atoms with Gasteiger partial charge in [0, 0.05) is 11.3 Å². The molecule has 0 spiro atoms. The van der Waals surface area contributed by atoms with E-state index in [0.29, 0.717) is 17.3 Å². The van der Waals surface area contributed by atoms with Crippen LogP contribution in [0.5, 0.6) is 0 Å². The van der Waals surface area contributed by atoms with Gasteiger partial charge < -0.3 is 10.5 Å². The van der Waals surface area contributed by atoms with Crippen LogP contribution in [0.25, 0.3) is 11.1 Å². The van der Waals surface area contributed by atoms with Crippen LogP contribution >= 0.6 is 11.8 Å². The number of carbonyl (C=O) groups excluding carboxylic acids is 1. The molecule has 0 bridgehead atoms. The minimum atomic E-state index is -0.322. The van der Waals surface area contributed by atoms with Crippen LogP contribution in [0.1, 0.15) is 28.4 Å². The van der Waals surface area contributed by atoms with Gasteiger partial charge in [0.2, 0.25) is 0 Å². The van der Waals surface area contributed by atoms with Gasteiger partial charge in [-0.05, 0) is 35.7 Å². The summed E-state index contributed by atoms with van der Waals surface area (Å²) in [6, 6.07) is 25.2. The van der Waals surface area contributed by atoms with Crippen molar-refractivity contribution < 1.29 is 9.53 Å². The highest BCUT2D eigenvalue weighted by atomic mass is 32.2. The fourth-order valence-electron chi connectivity index (χ4n) is 2.78. The van der Waals surface area contributed by atoms with Crippen molar-refractivity contribution in [3.8, 4) is 11.1 Å². The Hall–Kier alpha value is -3.38. The van der Waals surface area contributed by atoms with Gasteiger partial charge in [-0.15, -0.1) is 5.10 Å². The van der Waals surface area contributed by atoms with Crippen LogP contribution in [-0.4, -0.2) is 24.0 Å². The van der Waals surface area contributed by atoms with Gasteiger partial charge in [0.25, 0.3) is 0 Å². The van der Waals surface area contributed by atoms with E-state index >= 15 is 0 Å². The lowest BCUT2D eigenvalue weighted by atomic mass is 9.99. The molecular weight excluding hydrogens is 394 g/mol. The van der Waals surface area contributed by atoms with Crippen LogP contribution in [0.4, 0.5) is 0 Å². The topological polar surface area (TPSA) is 77.0 Å². The fraction of sp³-hybridized carbons (Fsp3) is 0.125. The minimum Gasteiger partial charge on any atom is -0.462 e. The molecule has 0 radical (unpaired) electrons. The molecule has 3 aromatic rings. The van der Waals surface area contributed by atoms with Crippen molar-refractivity contribution in [3.05, 3.63) is 95.6 Å². The maximum absolute atomic E-state index is 11.8. The third-order valence-corrected chi connectivity index (χ3v) is 5.11. The third-order valence-electron chi connectivity index (χ3n) is 4.25. The number of rotatable bonds is 7. The normalized spacial score (nSPS) is 11.6. The van der Waals surface area contributed by atoms with E-state index < -0.39 is 0 Å². The maximum Gasteiger partial charge on any atom is 0.338 e. The molecule has 0 saturated heterocycles. The van der Waals surface area contributed by atoms with Gasteiger partial charge in [-0.2, -0.15) is 5.10 Å². The summed E-state index contributed by atoms with van der Waals surface area (Å²) in [4.78, 5) is 11.8. The highest BCUT2D eigenvalue weighted by Crippen LogP contribution is 2.23. The van der Waals surface area contributed by atoms with E-state index in [1.165, 1.54) is 17.3 Å². The van der Waals surface area contributed by atoms with Gasteiger partial charge in [0.05, 0.1) is 18.4 Å². The molecule has 0 amide bonds. The second-order valence-electron chi connectivity index (χ2n) is 6.34. The number of carbonyl (C=O) groups is 1. The number of nitrogens with two attached hydrogens (primary N) is 1. The van der Waals surface area contributed by atoms with Gasteiger partial charge in [0.15, 0.2) is 5.17 Å². The minimum absolute atomic E-state index is 0.322. The first kappa shape index (κ1) is 21.3. The van der Waals surface area contributed by atoms with Crippen molar-refractivity contribution in [3.63, 3.8) is 0 Å². The van der Waals surface area contributed by atoms with E-state index in [-0.39, 0.29) is 5.97 Å². The molecule has 3 rings (SSSR count). The average molecular weight is 418 g/mol. The van der Waals surface area contributed by atoms with E-state index in [1.54, 1.807) is 25.3 Å². The molecule has 30 heavy (non-hydrogen) atoms. The zero-order valence-electron chi connectivity index (χ0n) is 16.7. The molecule has 0 aliphatic rings. The Morgan fingerprint density at radius 2 is 1.70 bits per heavy atom. The zero-order chi connectivity index (χ0) is 21.2. The molecule has 0 atom stereocenters. The van der Waals surface area contributed by atoms with Gasteiger partial charge in [0.1, 0.15) is 0 Å². The number of hydrogen-bond acceptors (Lipinski definition) is 5. The predicted octanol–water partition coefficient (Wildman–Crippen LogP) is 5.11. The molecule has 0 aliphatic heterocycles. The predicted molar refractivity (Wildman–Crippen MR) is 125 cm³/mol. The number of nitrogens with zero attached hydrogens (tertiary/aromatic N) is 2. The van der Waals surface area contributed by atoms with Crippen molar-refractivity contribution in [2.75, 3.05) is 6.61 Å². The maximum atomic E-state index is 11.8. The monoisotopic (exact) mass is 417 g/mol. The van der Waals surface area contributed by atoms with E-state index in [9.17, 15) is 4.79 Å². The molecule has 0 heterocycles. The third kappa shape index (κ3) is 6.06. The Morgan fingerprint density at radius 1 is 1.00 bits per heavy atom. The van der Waals surface area contributed by atoms with Crippen molar-refractivity contribution in [1.29, 1.82) is 0 Å². The summed E-state index contributed by atoms with van der Waals surface area (Å²) in [6.45, 7) is 2.14. The lowest BCUT2D eigenvalue weighted by Gasteiger charge is -2.07. The largest absolute Gasteiger partial charge is 0.462 e. The molecular formula is C24H23N3O2S. The smallest absolute Gasteiger partial charge is 0.338 e. The summed E-state index contributed by atoms with van der Waals surface area (Å²) >= 11 is 1.44. The second kappa shape index (κ2) is 11.0. The Morgan fingerprint density at radius 3 is 2.43 bits per heavy atom. The number of amidine groups is 1. The Balaban J connectivity index is 1.69. The molecule has 0 unspecified atom stereocenters. The van der Waals surface area contributed by atoms with Crippen LogP contribution < -0.4 is 5.73 Å². The number of hydrogen-bond donors (Lipinski definition) is 1. The number of benzene rings is 3. The first-order valence-electron chi connectivity index (χ1n) is 9.57. The zero-order valence-corrected chi connectivity index (χ0v) is 17.5. The van der Waals surface area contributed by atoms with Gasteiger partial charge in [-0.3, -0.25) is 0 Å². The van der Waals surface area contributed by atoms with E-state index in [2.05, 4.69) is 10.2 Å². The highest BCUT2D eigenvalue weighted by Gasteiger charge is 2.08. The van der Waals surface area contributed by atoms with Gasteiger partial charge >= 0.3 is 5.97 Å². The van der Waals surface area contributed by atoms with Crippen molar-refractivity contribution >= 4 is 29.1 Å². The van der Waals surface area contributed by atoms with Crippen molar-refractivity contribution in [2.24, 2.45) is 15.9 Å². The molecule has 152 valence electrons. The molecule has 0 fully saturated rings. The lowest BCUT2D eigenvalue weighted by molar-refractivity contribution is 0.0526. The van der Waals surface area contributed by atoms with Crippen LogP contribution in [0.2, 0.25) is 0 Å². The molecule has 2 N–H and O–H groups in total. The summed E-state index contributed by atoms with van der Waals surface area (Å²) in [7, 11) is 0. The molecule has 5 nitrogen and oxygen atoms in total.